The number of carbonyl (C=O) groups excluding carboxylic acids is 1. The first kappa shape index (κ1) is 23.6. The third-order valence-corrected chi connectivity index (χ3v) is 6.57. The van der Waals surface area contributed by atoms with Crippen LogP contribution in [0.1, 0.15) is 41.6 Å². The fourth-order valence-corrected chi connectivity index (χ4v) is 4.96. The Morgan fingerprint density at radius 1 is 0.806 bits per heavy atom. The molecule has 0 amide bonds. The zero-order valence-corrected chi connectivity index (χ0v) is 20.5. The van der Waals surface area contributed by atoms with E-state index in [9.17, 15) is 4.79 Å². The van der Waals surface area contributed by atoms with Crippen LogP contribution in [0.4, 0.5) is 0 Å². The Balaban J connectivity index is 1.77. The van der Waals surface area contributed by atoms with Crippen molar-refractivity contribution < 1.29 is 9.53 Å². The van der Waals surface area contributed by atoms with Crippen LogP contribution in [0, 0.1) is 0 Å². The Hall–Kier alpha value is -4.18. The first-order valence-electron chi connectivity index (χ1n) is 12.5. The summed E-state index contributed by atoms with van der Waals surface area (Å²) in [7, 11) is 0. The summed E-state index contributed by atoms with van der Waals surface area (Å²) in [6.07, 6.45) is 0.746. The first-order chi connectivity index (χ1) is 17.7. The van der Waals surface area contributed by atoms with Gasteiger partial charge in [0.25, 0.3) is 0 Å². The van der Waals surface area contributed by atoms with E-state index in [2.05, 4.69) is 41.3 Å². The molecule has 4 nitrogen and oxygen atoms in total. The molecule has 0 aromatic heterocycles. The van der Waals surface area contributed by atoms with Gasteiger partial charge in [-0.2, -0.15) is 0 Å². The van der Waals surface area contributed by atoms with Crippen molar-refractivity contribution >= 4 is 11.8 Å². The molecular formula is C32H30N2O2. The predicted octanol–water partition coefficient (Wildman–Crippen LogP) is 6.54. The Morgan fingerprint density at radius 2 is 1.36 bits per heavy atom. The maximum absolute atomic E-state index is 14.1. The number of carbonyl (C=O) groups is 1. The maximum Gasteiger partial charge on any atom is 0.341 e. The highest BCUT2D eigenvalue weighted by atomic mass is 16.5. The second-order valence-corrected chi connectivity index (χ2v) is 9.00. The summed E-state index contributed by atoms with van der Waals surface area (Å²) in [5, 5.41) is 0. The van der Waals surface area contributed by atoms with Crippen molar-refractivity contribution in [1.29, 1.82) is 0 Å². The minimum Gasteiger partial charge on any atom is -0.464 e. The van der Waals surface area contributed by atoms with Crippen molar-refractivity contribution in [2.24, 2.45) is 4.99 Å². The van der Waals surface area contributed by atoms with Crippen molar-refractivity contribution in [3.63, 3.8) is 0 Å². The molecule has 1 heterocycles. The van der Waals surface area contributed by atoms with Gasteiger partial charge in [0.2, 0.25) is 5.54 Å². The zero-order chi connectivity index (χ0) is 24.8. The second kappa shape index (κ2) is 10.6. The lowest BCUT2D eigenvalue weighted by atomic mass is 9.79. The zero-order valence-electron chi connectivity index (χ0n) is 20.5. The van der Waals surface area contributed by atoms with Crippen molar-refractivity contribution in [2.45, 2.75) is 31.5 Å². The molecule has 4 aromatic rings. The fraction of sp³-hybridized carbons (Fsp3) is 0.188. The average molecular weight is 475 g/mol. The van der Waals surface area contributed by atoms with Crippen LogP contribution in [0.25, 0.3) is 0 Å². The van der Waals surface area contributed by atoms with E-state index in [1.54, 1.807) is 0 Å². The van der Waals surface area contributed by atoms with Gasteiger partial charge in [0, 0.05) is 12.1 Å². The maximum atomic E-state index is 14.1. The Kier molecular flexibility index (Phi) is 6.94. The van der Waals surface area contributed by atoms with E-state index >= 15 is 0 Å². The molecule has 0 fully saturated rings. The summed E-state index contributed by atoms with van der Waals surface area (Å²) in [5.74, 6) is 0.457. The summed E-state index contributed by atoms with van der Waals surface area (Å²) < 4.78 is 5.89. The molecule has 1 aliphatic rings. The molecule has 4 aromatic carbocycles. The van der Waals surface area contributed by atoms with Crippen LogP contribution < -0.4 is 0 Å². The third-order valence-electron chi connectivity index (χ3n) is 6.57. The standard InChI is InChI=1S/C32H30N2O2/c1-2-23-36-31(35)32(28-21-13-6-14-22-28)29(26-17-9-4-10-18-26)34(24-25-15-7-3-8-16-25)30(33-32)27-19-11-5-12-20-27/h3-22,29H,2,23-24H2,1H3/t29-,32-/m1/s1. The van der Waals surface area contributed by atoms with Crippen molar-refractivity contribution in [3.8, 4) is 0 Å². The predicted molar refractivity (Wildman–Crippen MR) is 144 cm³/mol. The van der Waals surface area contributed by atoms with Gasteiger partial charge in [0.05, 0.1) is 12.6 Å². The number of hydrogen-bond acceptors (Lipinski definition) is 4. The van der Waals surface area contributed by atoms with Crippen LogP contribution in [-0.2, 0) is 21.6 Å². The lowest BCUT2D eigenvalue weighted by Gasteiger charge is -2.37. The molecule has 0 saturated carbocycles. The van der Waals surface area contributed by atoms with E-state index in [4.69, 9.17) is 9.73 Å². The molecule has 1 aliphatic heterocycles. The Morgan fingerprint density at radius 3 is 1.97 bits per heavy atom. The van der Waals surface area contributed by atoms with Crippen LogP contribution in [0.2, 0.25) is 0 Å². The molecule has 0 radical (unpaired) electrons. The van der Waals surface area contributed by atoms with Crippen LogP contribution in [0.5, 0.6) is 0 Å². The molecule has 0 bridgehead atoms. The number of ether oxygens (including phenoxy) is 1. The SMILES string of the molecule is CCCOC(=O)[C@]1(c2ccccc2)N=C(c2ccccc2)N(Cc2ccccc2)[C@@H]1c1ccccc1. The van der Waals surface area contributed by atoms with Crippen LogP contribution in [0.15, 0.2) is 126 Å². The fourth-order valence-electron chi connectivity index (χ4n) is 4.96. The van der Waals surface area contributed by atoms with Gasteiger partial charge in [-0.05, 0) is 23.1 Å². The largest absolute Gasteiger partial charge is 0.464 e. The lowest BCUT2D eigenvalue weighted by Crippen LogP contribution is -2.44. The highest BCUT2D eigenvalue weighted by Gasteiger charge is 2.57. The van der Waals surface area contributed by atoms with E-state index in [-0.39, 0.29) is 12.0 Å². The number of benzene rings is 4. The summed E-state index contributed by atoms with van der Waals surface area (Å²) in [6.45, 7) is 2.96. The van der Waals surface area contributed by atoms with Crippen LogP contribution in [-0.4, -0.2) is 23.3 Å². The topological polar surface area (TPSA) is 41.9 Å². The van der Waals surface area contributed by atoms with E-state index < -0.39 is 5.54 Å². The molecule has 36 heavy (non-hydrogen) atoms. The third kappa shape index (κ3) is 4.42. The van der Waals surface area contributed by atoms with E-state index in [1.165, 1.54) is 0 Å². The van der Waals surface area contributed by atoms with Gasteiger partial charge >= 0.3 is 5.97 Å². The highest BCUT2D eigenvalue weighted by molar-refractivity contribution is 6.04. The monoisotopic (exact) mass is 474 g/mol. The number of aliphatic imine (C=N–C) groups is 1. The molecule has 5 rings (SSSR count). The number of amidine groups is 1. The molecule has 4 heteroatoms. The Labute approximate surface area is 212 Å². The number of esters is 1. The lowest BCUT2D eigenvalue weighted by molar-refractivity contribution is -0.152. The highest BCUT2D eigenvalue weighted by Crippen LogP contribution is 2.50. The second-order valence-electron chi connectivity index (χ2n) is 9.00. The smallest absolute Gasteiger partial charge is 0.341 e. The normalized spacial score (nSPS) is 19.1. The summed E-state index contributed by atoms with van der Waals surface area (Å²) in [6, 6.07) is 40.1. The molecule has 0 saturated heterocycles. The van der Waals surface area contributed by atoms with Gasteiger partial charge in [-0.15, -0.1) is 0 Å². The van der Waals surface area contributed by atoms with Crippen molar-refractivity contribution in [1.82, 2.24) is 4.90 Å². The minimum atomic E-state index is -1.25. The number of rotatable bonds is 8. The first-order valence-corrected chi connectivity index (χ1v) is 12.5. The summed E-state index contributed by atoms with van der Waals surface area (Å²) in [4.78, 5) is 21.7. The molecule has 0 spiro atoms. The Bertz CT molecular complexity index is 1310. The van der Waals surface area contributed by atoms with E-state index in [0.29, 0.717) is 13.2 Å². The van der Waals surface area contributed by atoms with Gasteiger partial charge < -0.3 is 9.64 Å². The van der Waals surface area contributed by atoms with Gasteiger partial charge in [-0.3, -0.25) is 0 Å². The molecule has 0 aliphatic carbocycles. The summed E-state index contributed by atoms with van der Waals surface area (Å²) in [5.41, 5.74) is 2.70. The van der Waals surface area contributed by atoms with Gasteiger partial charge in [-0.25, -0.2) is 9.79 Å². The van der Waals surface area contributed by atoms with E-state index in [1.807, 2.05) is 91.9 Å². The van der Waals surface area contributed by atoms with Gasteiger partial charge in [0.15, 0.2) is 0 Å². The number of nitrogens with zero attached hydrogens (tertiary/aromatic N) is 2. The quantitative estimate of drug-likeness (QED) is 0.272. The molecule has 180 valence electrons. The molecular weight excluding hydrogens is 444 g/mol. The molecule has 0 N–H and O–H groups in total. The van der Waals surface area contributed by atoms with Crippen LogP contribution >= 0.6 is 0 Å². The molecule has 0 unspecified atom stereocenters. The summed E-state index contributed by atoms with van der Waals surface area (Å²) >= 11 is 0. The average Bonchev–Trinajstić information content (AvgIpc) is 3.29. The molecule has 2 atom stereocenters. The van der Waals surface area contributed by atoms with E-state index in [0.717, 1.165) is 34.5 Å². The van der Waals surface area contributed by atoms with Gasteiger partial charge in [-0.1, -0.05) is 128 Å². The minimum absolute atomic E-state index is 0.326. The van der Waals surface area contributed by atoms with Crippen molar-refractivity contribution in [2.75, 3.05) is 6.61 Å². The van der Waals surface area contributed by atoms with Gasteiger partial charge in [0.1, 0.15) is 5.84 Å². The number of hydrogen-bond donors (Lipinski definition) is 0. The van der Waals surface area contributed by atoms with Crippen molar-refractivity contribution in [3.05, 3.63) is 144 Å². The van der Waals surface area contributed by atoms with Crippen LogP contribution in [0.3, 0.4) is 0 Å².